The van der Waals surface area contributed by atoms with Crippen LogP contribution in [0.5, 0.6) is 0 Å². The highest BCUT2D eigenvalue weighted by Gasteiger charge is 2.38. The van der Waals surface area contributed by atoms with Gasteiger partial charge in [-0.2, -0.15) is 0 Å². The Morgan fingerprint density at radius 2 is 1.84 bits per heavy atom. The highest BCUT2D eigenvalue weighted by Crippen LogP contribution is 2.38. The number of hydrogen-bond acceptors (Lipinski definition) is 3. The van der Waals surface area contributed by atoms with Crippen molar-refractivity contribution in [2.75, 3.05) is 28.2 Å². The summed E-state index contributed by atoms with van der Waals surface area (Å²) in [7, 11) is 0. The minimum absolute atomic E-state index is 0.0371. The number of fused-ring (bicyclic) bond motifs is 1. The van der Waals surface area contributed by atoms with Crippen molar-refractivity contribution in [3.8, 4) is 0 Å². The van der Waals surface area contributed by atoms with Crippen LogP contribution in [0.15, 0.2) is 36.4 Å². The summed E-state index contributed by atoms with van der Waals surface area (Å²) in [5.74, 6) is -0.112. The molecule has 0 aromatic heterocycles. The molecule has 1 atom stereocenters. The number of aryl methyl sites for hydroxylation is 2. The van der Waals surface area contributed by atoms with Crippen LogP contribution in [0.3, 0.4) is 0 Å². The number of benzene rings is 2. The van der Waals surface area contributed by atoms with E-state index in [0.29, 0.717) is 13.1 Å². The lowest BCUT2D eigenvalue weighted by molar-refractivity contribution is -0.122. The number of anilines is 3. The average Bonchev–Trinajstić information content (AvgIpc) is 3.40. The van der Waals surface area contributed by atoms with Crippen LogP contribution in [0.4, 0.5) is 17.1 Å². The van der Waals surface area contributed by atoms with Crippen molar-refractivity contribution in [2.45, 2.75) is 39.5 Å². The average molecular weight is 418 g/mol. The van der Waals surface area contributed by atoms with E-state index in [0.717, 1.165) is 53.0 Å². The fraction of sp³-hybridized carbons (Fsp3) is 0.400. The Labute approximate surface area is 182 Å². The largest absolute Gasteiger partial charge is 0.326 e. The molecule has 6 heteroatoms. The first kappa shape index (κ1) is 19.8. The molecular weight excluding hydrogens is 390 g/mol. The summed E-state index contributed by atoms with van der Waals surface area (Å²) < 4.78 is 0. The number of carbonyl (C=O) groups excluding carboxylic acids is 3. The quantitative estimate of drug-likeness (QED) is 0.827. The SMILES string of the molecule is Cc1ccc(C)c(NC(=O)C2CC(=O)N(c3ccc4c(c3)CCN4C(=O)C3CC3)C2)c1. The lowest BCUT2D eigenvalue weighted by Gasteiger charge is -2.20. The predicted molar refractivity (Wildman–Crippen MR) is 120 cm³/mol. The van der Waals surface area contributed by atoms with E-state index in [-0.39, 0.29) is 36.0 Å². The summed E-state index contributed by atoms with van der Waals surface area (Å²) in [6, 6.07) is 11.8. The number of nitrogens with one attached hydrogen (secondary N) is 1. The molecule has 1 saturated heterocycles. The van der Waals surface area contributed by atoms with Crippen molar-refractivity contribution in [2.24, 2.45) is 11.8 Å². The van der Waals surface area contributed by atoms with Gasteiger partial charge in [-0.05, 0) is 74.1 Å². The first-order chi connectivity index (χ1) is 14.9. The number of nitrogens with zero attached hydrogens (tertiary/aromatic N) is 2. The summed E-state index contributed by atoms with van der Waals surface area (Å²) in [6.07, 6.45) is 3.01. The van der Waals surface area contributed by atoms with Gasteiger partial charge in [0.2, 0.25) is 17.7 Å². The molecule has 1 unspecified atom stereocenters. The van der Waals surface area contributed by atoms with E-state index >= 15 is 0 Å². The van der Waals surface area contributed by atoms with E-state index in [4.69, 9.17) is 0 Å². The molecule has 0 radical (unpaired) electrons. The van der Waals surface area contributed by atoms with Gasteiger partial charge in [-0.25, -0.2) is 0 Å². The zero-order valence-corrected chi connectivity index (χ0v) is 18.0. The Hall–Kier alpha value is -3.15. The highest BCUT2D eigenvalue weighted by atomic mass is 16.2. The number of rotatable bonds is 4. The monoisotopic (exact) mass is 417 g/mol. The maximum absolute atomic E-state index is 12.8. The molecular formula is C25H27N3O3. The molecule has 6 nitrogen and oxygen atoms in total. The second kappa shape index (κ2) is 7.52. The van der Waals surface area contributed by atoms with E-state index in [9.17, 15) is 14.4 Å². The molecule has 1 N–H and O–H groups in total. The number of amides is 3. The maximum Gasteiger partial charge on any atom is 0.230 e. The Morgan fingerprint density at radius 3 is 2.61 bits per heavy atom. The third-order valence-corrected chi connectivity index (χ3v) is 6.61. The van der Waals surface area contributed by atoms with Crippen LogP contribution in [0.1, 0.15) is 36.0 Å². The van der Waals surface area contributed by atoms with Gasteiger partial charge in [0.05, 0.1) is 5.92 Å². The Kier molecular flexibility index (Phi) is 4.80. The van der Waals surface area contributed by atoms with Crippen molar-refractivity contribution in [1.82, 2.24) is 0 Å². The molecule has 2 aromatic rings. The Bertz CT molecular complexity index is 1090. The van der Waals surface area contributed by atoms with E-state index in [1.54, 1.807) is 4.90 Å². The van der Waals surface area contributed by atoms with E-state index < -0.39 is 0 Å². The van der Waals surface area contributed by atoms with Crippen molar-refractivity contribution in [3.05, 3.63) is 53.1 Å². The predicted octanol–water partition coefficient (Wildman–Crippen LogP) is 3.59. The zero-order chi connectivity index (χ0) is 21.7. The van der Waals surface area contributed by atoms with Crippen LogP contribution >= 0.6 is 0 Å². The van der Waals surface area contributed by atoms with Crippen LogP contribution in [0, 0.1) is 25.7 Å². The van der Waals surface area contributed by atoms with Gasteiger partial charge in [0.15, 0.2) is 0 Å². The van der Waals surface area contributed by atoms with E-state index in [2.05, 4.69) is 5.32 Å². The standard InChI is InChI=1S/C25H27N3O3/c1-15-3-4-16(2)21(11-15)26-24(30)19-13-23(29)28(14-19)20-7-8-22-18(12-20)9-10-27(22)25(31)17-5-6-17/h3-4,7-8,11-12,17,19H,5-6,9-10,13-14H2,1-2H3,(H,26,30). The minimum atomic E-state index is -0.381. The molecule has 2 aliphatic heterocycles. The van der Waals surface area contributed by atoms with Crippen molar-refractivity contribution < 1.29 is 14.4 Å². The van der Waals surface area contributed by atoms with Crippen LogP contribution < -0.4 is 15.1 Å². The highest BCUT2D eigenvalue weighted by molar-refractivity contribution is 6.04. The fourth-order valence-electron chi connectivity index (χ4n) is 4.57. The van der Waals surface area contributed by atoms with Crippen LogP contribution in [-0.4, -0.2) is 30.8 Å². The first-order valence-corrected chi connectivity index (χ1v) is 11.0. The Morgan fingerprint density at radius 1 is 1.03 bits per heavy atom. The molecule has 3 aliphatic rings. The van der Waals surface area contributed by atoms with E-state index in [1.807, 2.05) is 55.1 Å². The normalized spacial score (nSPS) is 20.2. The first-order valence-electron chi connectivity index (χ1n) is 11.0. The van der Waals surface area contributed by atoms with E-state index in [1.165, 1.54) is 0 Å². The summed E-state index contributed by atoms with van der Waals surface area (Å²) in [5, 5.41) is 3.00. The molecule has 5 rings (SSSR count). The van der Waals surface area contributed by atoms with Crippen LogP contribution in [0.2, 0.25) is 0 Å². The van der Waals surface area contributed by atoms with Gasteiger partial charge < -0.3 is 15.1 Å². The van der Waals surface area contributed by atoms with Crippen LogP contribution in [-0.2, 0) is 20.8 Å². The summed E-state index contributed by atoms with van der Waals surface area (Å²) >= 11 is 0. The third-order valence-electron chi connectivity index (χ3n) is 6.61. The van der Waals surface area contributed by atoms with Gasteiger partial charge in [0.1, 0.15) is 0 Å². The topological polar surface area (TPSA) is 69.7 Å². The number of hydrogen-bond donors (Lipinski definition) is 1. The van der Waals surface area contributed by atoms with Crippen LogP contribution in [0.25, 0.3) is 0 Å². The molecule has 1 saturated carbocycles. The van der Waals surface area contributed by atoms with Gasteiger partial charge in [0, 0.05) is 42.5 Å². The van der Waals surface area contributed by atoms with Crippen molar-refractivity contribution >= 4 is 34.8 Å². The molecule has 0 bridgehead atoms. The third kappa shape index (κ3) is 3.71. The second-order valence-corrected chi connectivity index (χ2v) is 9.04. The molecule has 3 amide bonds. The fourth-order valence-corrected chi connectivity index (χ4v) is 4.57. The van der Waals surface area contributed by atoms with Gasteiger partial charge in [0.25, 0.3) is 0 Å². The lowest BCUT2D eigenvalue weighted by atomic mass is 10.1. The summed E-state index contributed by atoms with van der Waals surface area (Å²) in [6.45, 7) is 5.04. The lowest BCUT2D eigenvalue weighted by Crippen LogP contribution is -2.30. The van der Waals surface area contributed by atoms with Gasteiger partial charge in [-0.15, -0.1) is 0 Å². The second-order valence-electron chi connectivity index (χ2n) is 9.04. The zero-order valence-electron chi connectivity index (χ0n) is 18.0. The van der Waals surface area contributed by atoms with Gasteiger partial charge in [-0.1, -0.05) is 12.1 Å². The van der Waals surface area contributed by atoms with Crippen molar-refractivity contribution in [3.63, 3.8) is 0 Å². The van der Waals surface area contributed by atoms with Crippen molar-refractivity contribution in [1.29, 1.82) is 0 Å². The molecule has 0 spiro atoms. The molecule has 31 heavy (non-hydrogen) atoms. The molecule has 2 fully saturated rings. The number of carbonyl (C=O) groups is 3. The molecule has 2 aromatic carbocycles. The molecule has 1 aliphatic carbocycles. The summed E-state index contributed by atoms with van der Waals surface area (Å²) in [4.78, 5) is 41.6. The van der Waals surface area contributed by atoms with Gasteiger partial charge in [-0.3, -0.25) is 14.4 Å². The maximum atomic E-state index is 12.8. The molecule has 160 valence electrons. The molecule has 2 heterocycles. The minimum Gasteiger partial charge on any atom is -0.326 e. The van der Waals surface area contributed by atoms with Gasteiger partial charge >= 0.3 is 0 Å². The Balaban J connectivity index is 1.30. The summed E-state index contributed by atoms with van der Waals surface area (Å²) in [5.41, 5.74) is 5.76. The smallest absolute Gasteiger partial charge is 0.230 e.